The van der Waals surface area contributed by atoms with Gasteiger partial charge < -0.3 is 21.1 Å². The smallest absolute Gasteiger partial charge is 0.417 e. The third kappa shape index (κ3) is 5.66. The Morgan fingerprint density at radius 2 is 1.93 bits per heavy atom. The molecular weight excluding hydrogens is 607 g/mol. The molecule has 10 nitrogen and oxygen atoms in total. The van der Waals surface area contributed by atoms with Crippen molar-refractivity contribution in [3.8, 4) is 11.3 Å². The van der Waals surface area contributed by atoms with Crippen molar-refractivity contribution in [3.05, 3.63) is 51.8 Å². The molecule has 1 saturated carbocycles. The molecule has 4 N–H and O–H groups in total. The second-order valence-corrected chi connectivity index (χ2v) is 12.6. The van der Waals surface area contributed by atoms with E-state index in [9.17, 15) is 22.8 Å². The third-order valence-corrected chi connectivity index (χ3v) is 8.53. The average Bonchev–Trinajstić information content (AvgIpc) is 3.54. The second-order valence-electron chi connectivity index (χ2n) is 11.8. The summed E-state index contributed by atoms with van der Waals surface area (Å²) in [7, 11) is 0. The molecule has 3 heterocycles. The van der Waals surface area contributed by atoms with Gasteiger partial charge in [-0.1, -0.05) is 12.1 Å². The second kappa shape index (κ2) is 10.1. The van der Waals surface area contributed by atoms with E-state index in [1.807, 2.05) is 20.8 Å². The number of nitrogen functional groups attached to an aromatic ring is 1. The van der Waals surface area contributed by atoms with Crippen molar-refractivity contribution in [2.75, 3.05) is 18.8 Å². The standard InChI is InChI=1S/C27H31BrF3N7O3/c1-25(2,3)41-24(40)36-8-7-26(14-36)9-17(10-26)38-22(32)19(23(33)39)21(35-38)16-11-34-37(13-16)12-15-5-4-6-18(20(15)28)27(29,30)31/h4-6,11,13,17H,7-10,12,14,32H2,1-3H3,(H2,33,39)/t17-,26-. The number of halogens is 4. The molecule has 220 valence electrons. The molecule has 2 aromatic heterocycles. The first-order chi connectivity index (χ1) is 19.1. The fourth-order valence-electron chi connectivity index (χ4n) is 5.70. The van der Waals surface area contributed by atoms with Crippen LogP contribution < -0.4 is 11.5 Å². The highest BCUT2D eigenvalue weighted by atomic mass is 79.9. The number of amides is 2. The molecule has 1 aliphatic carbocycles. The van der Waals surface area contributed by atoms with E-state index in [0.29, 0.717) is 24.2 Å². The summed E-state index contributed by atoms with van der Waals surface area (Å²) in [6.45, 7) is 6.73. The van der Waals surface area contributed by atoms with Gasteiger partial charge in [0.2, 0.25) is 0 Å². The van der Waals surface area contributed by atoms with Gasteiger partial charge in [0.05, 0.1) is 24.3 Å². The molecule has 1 saturated heterocycles. The zero-order valence-electron chi connectivity index (χ0n) is 22.8. The van der Waals surface area contributed by atoms with Gasteiger partial charge in [-0.15, -0.1) is 0 Å². The van der Waals surface area contributed by atoms with Gasteiger partial charge >= 0.3 is 12.3 Å². The van der Waals surface area contributed by atoms with E-state index in [0.717, 1.165) is 25.3 Å². The van der Waals surface area contributed by atoms with Crippen LogP contribution in [0.15, 0.2) is 35.1 Å². The summed E-state index contributed by atoms with van der Waals surface area (Å²) in [6.07, 6.45) is 0.497. The van der Waals surface area contributed by atoms with E-state index in [-0.39, 0.29) is 45.6 Å². The Balaban J connectivity index is 1.34. The number of benzene rings is 1. The van der Waals surface area contributed by atoms with E-state index in [2.05, 4.69) is 26.1 Å². The van der Waals surface area contributed by atoms with Crippen LogP contribution in [0.3, 0.4) is 0 Å². The number of ether oxygens (including phenoxy) is 1. The van der Waals surface area contributed by atoms with Crippen LogP contribution in [0.4, 0.5) is 23.8 Å². The highest BCUT2D eigenvalue weighted by molar-refractivity contribution is 9.10. The molecule has 1 aromatic carbocycles. The van der Waals surface area contributed by atoms with Gasteiger partial charge in [-0.05, 0) is 73.0 Å². The molecule has 0 bridgehead atoms. The number of nitrogens with zero attached hydrogens (tertiary/aromatic N) is 5. The molecule has 0 atom stereocenters. The predicted octanol–water partition coefficient (Wildman–Crippen LogP) is 5.22. The van der Waals surface area contributed by atoms with Gasteiger partial charge in [0.15, 0.2) is 0 Å². The van der Waals surface area contributed by atoms with Crippen molar-refractivity contribution in [1.29, 1.82) is 0 Å². The predicted molar refractivity (Wildman–Crippen MR) is 148 cm³/mol. The van der Waals surface area contributed by atoms with Gasteiger partial charge in [-0.2, -0.15) is 23.4 Å². The number of hydrogen-bond acceptors (Lipinski definition) is 6. The number of alkyl halides is 3. The van der Waals surface area contributed by atoms with E-state index in [1.165, 1.54) is 16.9 Å². The number of hydrogen-bond donors (Lipinski definition) is 2. The number of primary amides is 1. The largest absolute Gasteiger partial charge is 0.444 e. The number of likely N-dealkylation sites (tertiary alicyclic amines) is 1. The van der Waals surface area contributed by atoms with Gasteiger partial charge in [0.1, 0.15) is 22.7 Å². The lowest BCUT2D eigenvalue weighted by molar-refractivity contribution is -0.138. The first kappa shape index (κ1) is 29.0. The molecule has 0 unspecified atom stereocenters. The maximum Gasteiger partial charge on any atom is 0.417 e. The van der Waals surface area contributed by atoms with Crippen LogP contribution in [0.1, 0.15) is 67.6 Å². The van der Waals surface area contributed by atoms with Crippen LogP contribution in [-0.2, 0) is 17.5 Å². The van der Waals surface area contributed by atoms with Crippen LogP contribution in [0, 0.1) is 5.41 Å². The van der Waals surface area contributed by atoms with Crippen LogP contribution in [0.25, 0.3) is 11.3 Å². The van der Waals surface area contributed by atoms with Gasteiger partial charge in [0, 0.05) is 29.3 Å². The lowest BCUT2D eigenvalue weighted by Crippen LogP contribution is -2.43. The van der Waals surface area contributed by atoms with Crippen LogP contribution in [-0.4, -0.2) is 55.2 Å². The van der Waals surface area contributed by atoms with Crippen LogP contribution in [0.5, 0.6) is 0 Å². The van der Waals surface area contributed by atoms with Crippen molar-refractivity contribution < 1.29 is 27.5 Å². The fourth-order valence-corrected chi connectivity index (χ4v) is 6.32. The topological polar surface area (TPSA) is 134 Å². The SMILES string of the molecule is CC(C)(C)OC(=O)N1CC[C@]2(C1)C[C@H](n1nc(-c3cnn(Cc4cccc(C(F)(F)F)c4Br)c3)c(C(N)=O)c1N)C2. The summed E-state index contributed by atoms with van der Waals surface area (Å²) in [5, 5.41) is 8.91. The number of carbonyl (C=O) groups is 2. The van der Waals surface area contributed by atoms with Gasteiger partial charge in [-0.25, -0.2) is 9.48 Å². The number of nitrogens with two attached hydrogens (primary N) is 2. The Hall–Kier alpha value is -3.55. The number of rotatable bonds is 5. The van der Waals surface area contributed by atoms with E-state index >= 15 is 0 Å². The summed E-state index contributed by atoms with van der Waals surface area (Å²) in [5.41, 5.74) is 11.8. The summed E-state index contributed by atoms with van der Waals surface area (Å²) < 4.78 is 48.5. The molecular formula is C27H31BrF3N7O3. The summed E-state index contributed by atoms with van der Waals surface area (Å²) in [4.78, 5) is 26.7. The Morgan fingerprint density at radius 3 is 2.56 bits per heavy atom. The van der Waals surface area contributed by atoms with Crippen molar-refractivity contribution in [1.82, 2.24) is 24.5 Å². The summed E-state index contributed by atoms with van der Waals surface area (Å²) in [6, 6.07) is 3.82. The fraction of sp³-hybridized carbons (Fsp3) is 0.481. The molecule has 2 amide bonds. The highest BCUT2D eigenvalue weighted by Gasteiger charge is 2.51. The highest BCUT2D eigenvalue weighted by Crippen LogP contribution is 2.55. The summed E-state index contributed by atoms with van der Waals surface area (Å²) in [5.74, 6) is -0.606. The molecule has 0 radical (unpaired) electrons. The number of aromatic nitrogens is 4. The molecule has 5 rings (SSSR count). The Morgan fingerprint density at radius 1 is 1.22 bits per heavy atom. The van der Waals surface area contributed by atoms with Gasteiger partial charge in [0.25, 0.3) is 5.91 Å². The Bertz CT molecular complexity index is 1500. The molecule has 14 heteroatoms. The average molecular weight is 638 g/mol. The monoisotopic (exact) mass is 637 g/mol. The minimum absolute atomic E-state index is 0.0475. The van der Waals surface area contributed by atoms with E-state index in [1.54, 1.807) is 21.8 Å². The van der Waals surface area contributed by atoms with Crippen molar-refractivity contribution in [2.45, 2.75) is 64.4 Å². The van der Waals surface area contributed by atoms with Crippen LogP contribution in [0.2, 0.25) is 0 Å². The van der Waals surface area contributed by atoms with Gasteiger partial charge in [-0.3, -0.25) is 9.48 Å². The maximum absolute atomic E-state index is 13.3. The molecule has 1 aliphatic heterocycles. The zero-order valence-corrected chi connectivity index (χ0v) is 24.4. The zero-order chi connectivity index (χ0) is 29.9. The van der Waals surface area contributed by atoms with E-state index < -0.39 is 23.2 Å². The van der Waals surface area contributed by atoms with Crippen LogP contribution >= 0.6 is 15.9 Å². The maximum atomic E-state index is 13.3. The lowest BCUT2D eigenvalue weighted by Gasteiger charge is -2.45. The quantitative estimate of drug-likeness (QED) is 0.394. The lowest BCUT2D eigenvalue weighted by atomic mass is 9.65. The van der Waals surface area contributed by atoms with Crippen molar-refractivity contribution in [2.24, 2.45) is 11.1 Å². The molecule has 1 spiro atoms. The first-order valence-corrected chi connectivity index (χ1v) is 13.9. The molecule has 2 fully saturated rings. The first-order valence-electron chi connectivity index (χ1n) is 13.1. The molecule has 2 aliphatic rings. The number of anilines is 1. The van der Waals surface area contributed by atoms with Crippen molar-refractivity contribution >= 4 is 33.7 Å². The Labute approximate surface area is 242 Å². The minimum Gasteiger partial charge on any atom is -0.444 e. The Kier molecular flexibility index (Phi) is 7.11. The van der Waals surface area contributed by atoms with Crippen molar-refractivity contribution in [3.63, 3.8) is 0 Å². The normalized spacial score (nSPS) is 20.9. The third-order valence-electron chi connectivity index (χ3n) is 7.59. The number of carbonyl (C=O) groups excluding carboxylic acids is 2. The van der Waals surface area contributed by atoms with E-state index in [4.69, 9.17) is 16.2 Å². The summed E-state index contributed by atoms with van der Waals surface area (Å²) >= 11 is 3.07. The minimum atomic E-state index is -4.50. The molecule has 41 heavy (non-hydrogen) atoms. The molecule has 3 aromatic rings.